The molecule has 0 atom stereocenters. The van der Waals surface area contributed by atoms with E-state index < -0.39 is 10.7 Å². The van der Waals surface area contributed by atoms with Crippen LogP contribution in [-0.2, 0) is 5.75 Å². The van der Waals surface area contributed by atoms with Gasteiger partial charge < -0.3 is 0 Å². The lowest BCUT2D eigenvalue weighted by molar-refractivity contribution is -0.385. The van der Waals surface area contributed by atoms with E-state index in [1.807, 2.05) is 24.3 Å². The molecule has 0 fully saturated rings. The summed E-state index contributed by atoms with van der Waals surface area (Å²) in [5.74, 6) is -0.345. The van der Waals surface area contributed by atoms with Gasteiger partial charge in [0.15, 0.2) is 0 Å². The summed E-state index contributed by atoms with van der Waals surface area (Å²) < 4.78 is 15.9. The van der Waals surface area contributed by atoms with Crippen LogP contribution in [0.2, 0.25) is 0 Å². The van der Waals surface area contributed by atoms with Crippen molar-refractivity contribution in [3.8, 4) is 5.69 Å². The molecule has 0 aliphatic carbocycles. The molecule has 3 aromatic rings. The molecule has 0 saturated carbocycles. The Balaban J connectivity index is 1.80. The number of nitrogens with zero attached hydrogens (tertiary/aromatic N) is 5. The molecule has 0 bridgehead atoms. The third-order valence-electron chi connectivity index (χ3n) is 3.03. The molecule has 10 heteroatoms. The molecule has 0 amide bonds. The molecule has 7 nitrogen and oxygen atoms in total. The van der Waals surface area contributed by atoms with Crippen molar-refractivity contribution in [2.75, 3.05) is 0 Å². The minimum absolute atomic E-state index is 0.280. The highest BCUT2D eigenvalue weighted by Gasteiger charge is 2.13. The fourth-order valence-corrected chi connectivity index (χ4v) is 3.07. The number of nitro groups is 1. The minimum Gasteiger partial charge on any atom is -0.258 e. The molecule has 24 heavy (non-hydrogen) atoms. The zero-order chi connectivity index (χ0) is 17.1. The molecular formula is C14H9BrFN5O2S. The molecule has 3 rings (SSSR count). The minimum atomic E-state index is -0.646. The Hall–Kier alpha value is -2.33. The van der Waals surface area contributed by atoms with Crippen LogP contribution in [0.3, 0.4) is 0 Å². The second kappa shape index (κ2) is 7.05. The lowest BCUT2D eigenvalue weighted by atomic mass is 10.2. The number of thioether (sulfide) groups is 1. The fraction of sp³-hybridized carbons (Fsp3) is 0.0714. The molecule has 0 spiro atoms. The van der Waals surface area contributed by atoms with Gasteiger partial charge in [-0.3, -0.25) is 10.1 Å². The van der Waals surface area contributed by atoms with Crippen LogP contribution in [0.4, 0.5) is 10.1 Å². The highest BCUT2D eigenvalue weighted by atomic mass is 79.9. The van der Waals surface area contributed by atoms with Crippen molar-refractivity contribution < 1.29 is 9.31 Å². The van der Waals surface area contributed by atoms with Gasteiger partial charge in [0.2, 0.25) is 5.16 Å². The summed E-state index contributed by atoms with van der Waals surface area (Å²) in [7, 11) is 0. The molecule has 0 aliphatic rings. The first-order valence-corrected chi connectivity index (χ1v) is 8.42. The normalized spacial score (nSPS) is 10.8. The molecule has 1 heterocycles. The first kappa shape index (κ1) is 16.5. The highest BCUT2D eigenvalue weighted by molar-refractivity contribution is 9.10. The second-order valence-electron chi connectivity index (χ2n) is 4.71. The maximum absolute atomic E-state index is 13.5. The van der Waals surface area contributed by atoms with Crippen LogP contribution in [0.1, 0.15) is 5.56 Å². The first-order chi connectivity index (χ1) is 11.5. The van der Waals surface area contributed by atoms with Crippen LogP contribution in [0.15, 0.2) is 52.1 Å². The monoisotopic (exact) mass is 409 g/mol. The summed E-state index contributed by atoms with van der Waals surface area (Å²) in [6, 6.07) is 10.9. The lowest BCUT2D eigenvalue weighted by Crippen LogP contribution is -1.99. The Bertz CT molecular complexity index is 887. The van der Waals surface area contributed by atoms with Gasteiger partial charge in [0.1, 0.15) is 5.82 Å². The third-order valence-corrected chi connectivity index (χ3v) is 4.55. The van der Waals surface area contributed by atoms with E-state index in [1.54, 1.807) is 4.68 Å². The molecule has 122 valence electrons. The largest absolute Gasteiger partial charge is 0.272 e. The highest BCUT2D eigenvalue weighted by Crippen LogP contribution is 2.25. The van der Waals surface area contributed by atoms with Crippen molar-refractivity contribution in [1.29, 1.82) is 0 Å². The van der Waals surface area contributed by atoms with Crippen molar-refractivity contribution in [2.45, 2.75) is 10.9 Å². The van der Waals surface area contributed by atoms with Gasteiger partial charge in [-0.2, -0.15) is 4.68 Å². The topological polar surface area (TPSA) is 86.7 Å². The van der Waals surface area contributed by atoms with Crippen molar-refractivity contribution in [2.24, 2.45) is 0 Å². The Morgan fingerprint density at radius 2 is 2.00 bits per heavy atom. The van der Waals surface area contributed by atoms with Gasteiger partial charge in [-0.05, 0) is 46.3 Å². The van der Waals surface area contributed by atoms with Crippen molar-refractivity contribution in [1.82, 2.24) is 20.2 Å². The second-order valence-corrected chi connectivity index (χ2v) is 6.57. The molecule has 0 aliphatic heterocycles. The fourth-order valence-electron chi connectivity index (χ4n) is 1.98. The molecule has 0 unspecified atom stereocenters. The quantitative estimate of drug-likeness (QED) is 0.362. The van der Waals surface area contributed by atoms with Gasteiger partial charge in [-0.1, -0.05) is 27.7 Å². The zero-order valence-electron chi connectivity index (χ0n) is 12.0. The van der Waals surface area contributed by atoms with Crippen molar-refractivity contribution in [3.05, 3.63) is 68.4 Å². The SMILES string of the molecule is O=[N+]([O-])c1cc(F)cc(CSc2nnnn2-c2ccc(Br)cc2)c1. The van der Waals surface area contributed by atoms with E-state index in [1.165, 1.54) is 23.9 Å². The summed E-state index contributed by atoms with van der Waals surface area (Å²) in [5, 5.41) is 22.8. The van der Waals surface area contributed by atoms with Gasteiger partial charge in [0.25, 0.3) is 5.69 Å². The van der Waals surface area contributed by atoms with Gasteiger partial charge >= 0.3 is 0 Å². The van der Waals surface area contributed by atoms with Crippen LogP contribution in [0.25, 0.3) is 5.69 Å². The van der Waals surface area contributed by atoms with Crippen LogP contribution in [-0.4, -0.2) is 25.1 Å². The number of rotatable bonds is 5. The van der Waals surface area contributed by atoms with E-state index in [2.05, 4.69) is 31.5 Å². The van der Waals surface area contributed by atoms with Crippen LogP contribution < -0.4 is 0 Å². The average Bonchev–Trinajstić information content (AvgIpc) is 3.01. The maximum Gasteiger partial charge on any atom is 0.272 e. The molecular weight excluding hydrogens is 401 g/mol. The number of non-ortho nitro benzene ring substituents is 1. The number of hydrogen-bond acceptors (Lipinski definition) is 6. The van der Waals surface area contributed by atoms with Gasteiger partial charge in [-0.25, -0.2) is 4.39 Å². The lowest BCUT2D eigenvalue weighted by Gasteiger charge is -2.05. The van der Waals surface area contributed by atoms with E-state index in [-0.39, 0.29) is 5.69 Å². The summed E-state index contributed by atoms with van der Waals surface area (Å²) in [6.45, 7) is 0. The van der Waals surface area contributed by atoms with Gasteiger partial charge in [0, 0.05) is 16.3 Å². The van der Waals surface area contributed by atoms with E-state index in [4.69, 9.17) is 0 Å². The molecule has 1 aromatic heterocycles. The van der Waals surface area contributed by atoms with Crippen molar-refractivity contribution >= 4 is 33.4 Å². The molecule has 2 aromatic carbocycles. The Morgan fingerprint density at radius 1 is 1.25 bits per heavy atom. The maximum atomic E-state index is 13.5. The Morgan fingerprint density at radius 3 is 2.71 bits per heavy atom. The number of aromatic nitrogens is 4. The number of tetrazole rings is 1. The van der Waals surface area contributed by atoms with E-state index >= 15 is 0 Å². The van der Waals surface area contributed by atoms with Crippen LogP contribution >= 0.6 is 27.7 Å². The number of hydrogen-bond donors (Lipinski definition) is 0. The predicted molar refractivity (Wildman–Crippen MR) is 89.5 cm³/mol. The molecule has 0 N–H and O–H groups in total. The molecule has 0 radical (unpaired) electrons. The Labute approximate surface area is 148 Å². The van der Waals surface area contributed by atoms with Crippen LogP contribution in [0, 0.1) is 15.9 Å². The summed E-state index contributed by atoms with van der Waals surface area (Å²) in [5.41, 5.74) is 0.978. The predicted octanol–water partition coefficient (Wildman–Crippen LogP) is 3.76. The number of benzene rings is 2. The smallest absolute Gasteiger partial charge is 0.258 e. The average molecular weight is 410 g/mol. The number of nitro benzene ring substituents is 1. The third kappa shape index (κ3) is 3.77. The molecule has 0 saturated heterocycles. The van der Waals surface area contributed by atoms with Gasteiger partial charge in [0.05, 0.1) is 16.7 Å². The van der Waals surface area contributed by atoms with Gasteiger partial charge in [-0.15, -0.1) is 5.10 Å². The first-order valence-electron chi connectivity index (χ1n) is 6.64. The van der Waals surface area contributed by atoms with E-state index in [9.17, 15) is 14.5 Å². The van der Waals surface area contributed by atoms with E-state index in [0.717, 1.165) is 16.2 Å². The van der Waals surface area contributed by atoms with Crippen LogP contribution in [0.5, 0.6) is 0 Å². The standard InChI is InChI=1S/C14H9BrFN5O2S/c15-10-1-3-12(4-2-10)20-14(17-18-19-20)24-8-9-5-11(16)7-13(6-9)21(22)23/h1-7H,8H2. The summed E-state index contributed by atoms with van der Waals surface area (Å²) >= 11 is 4.62. The van der Waals surface area contributed by atoms with E-state index in [0.29, 0.717) is 16.5 Å². The number of halogens is 2. The zero-order valence-corrected chi connectivity index (χ0v) is 14.4. The summed E-state index contributed by atoms with van der Waals surface area (Å²) in [6.07, 6.45) is 0. The Kier molecular flexibility index (Phi) is 4.86. The summed E-state index contributed by atoms with van der Waals surface area (Å²) in [4.78, 5) is 10.2. The van der Waals surface area contributed by atoms with Crippen molar-refractivity contribution in [3.63, 3.8) is 0 Å².